The van der Waals surface area contributed by atoms with Crippen LogP contribution in [0.2, 0.25) is 0 Å². The molecule has 0 saturated carbocycles. The van der Waals surface area contributed by atoms with Gasteiger partial charge in [-0.1, -0.05) is 18.2 Å². The molecule has 1 aromatic heterocycles. The smallest absolute Gasteiger partial charge is 0.338 e. The fraction of sp³-hybridized carbons (Fsp3) is 0.188. The number of benzene rings is 3. The number of hydrogen-bond donors (Lipinski definition) is 2. The number of carbonyl (C=O) groups is 3. The van der Waals surface area contributed by atoms with E-state index in [0.717, 1.165) is 29.7 Å². The first-order chi connectivity index (χ1) is 20.0. The van der Waals surface area contributed by atoms with Gasteiger partial charge in [-0.3, -0.25) is 4.79 Å². The zero-order valence-electron chi connectivity index (χ0n) is 22.6. The summed E-state index contributed by atoms with van der Waals surface area (Å²) in [6.45, 7) is 4.99. The topological polar surface area (TPSA) is 110 Å². The summed E-state index contributed by atoms with van der Waals surface area (Å²) in [5.74, 6) is -0.593. The monoisotopic (exact) mass is 550 g/mol. The Morgan fingerprint density at radius 1 is 0.902 bits per heavy atom. The predicted molar refractivity (Wildman–Crippen MR) is 160 cm³/mol. The Balaban J connectivity index is 1.21. The molecule has 208 valence electrons. The molecule has 9 heteroatoms. The van der Waals surface area contributed by atoms with Crippen LogP contribution in [0.4, 0.5) is 21.9 Å². The van der Waals surface area contributed by atoms with E-state index in [-0.39, 0.29) is 5.78 Å². The van der Waals surface area contributed by atoms with E-state index in [9.17, 15) is 14.4 Å². The Labute approximate surface area is 237 Å². The molecular formula is C32H30N4O5. The van der Waals surface area contributed by atoms with Gasteiger partial charge >= 0.3 is 12.0 Å². The van der Waals surface area contributed by atoms with Gasteiger partial charge < -0.3 is 25.0 Å². The van der Waals surface area contributed by atoms with E-state index in [0.29, 0.717) is 48.0 Å². The van der Waals surface area contributed by atoms with Crippen LogP contribution in [-0.4, -0.2) is 55.7 Å². The highest BCUT2D eigenvalue weighted by Crippen LogP contribution is 2.28. The van der Waals surface area contributed by atoms with Crippen molar-refractivity contribution in [1.82, 2.24) is 4.98 Å². The third kappa shape index (κ3) is 6.95. The number of ketones is 1. The summed E-state index contributed by atoms with van der Waals surface area (Å²) in [6.07, 6.45) is 3.24. The molecule has 0 radical (unpaired) electrons. The predicted octanol–water partition coefficient (Wildman–Crippen LogP) is 5.79. The van der Waals surface area contributed by atoms with Crippen LogP contribution in [0.25, 0.3) is 17.0 Å². The number of anilines is 3. The Kier molecular flexibility index (Phi) is 8.66. The molecule has 1 saturated heterocycles. The third-order valence-electron chi connectivity index (χ3n) is 6.55. The van der Waals surface area contributed by atoms with E-state index >= 15 is 0 Å². The summed E-state index contributed by atoms with van der Waals surface area (Å²) in [7, 11) is 0. The Morgan fingerprint density at radius 2 is 1.54 bits per heavy atom. The zero-order chi connectivity index (χ0) is 28.6. The number of carbonyl (C=O) groups excluding carboxylic acids is 3. The fourth-order valence-electron chi connectivity index (χ4n) is 4.50. The molecule has 9 nitrogen and oxygen atoms in total. The lowest BCUT2D eigenvalue weighted by Crippen LogP contribution is -2.36. The van der Waals surface area contributed by atoms with Gasteiger partial charge in [0.15, 0.2) is 5.78 Å². The zero-order valence-corrected chi connectivity index (χ0v) is 22.6. The average Bonchev–Trinajstić information content (AvgIpc) is 3.00. The van der Waals surface area contributed by atoms with Crippen molar-refractivity contribution in [2.24, 2.45) is 0 Å². The number of nitrogens with one attached hydrogen (secondary N) is 2. The molecule has 5 rings (SSSR count). The minimum atomic E-state index is -0.452. The normalized spacial score (nSPS) is 13.2. The number of ether oxygens (including phenoxy) is 2. The lowest BCUT2D eigenvalue weighted by atomic mass is 10.1. The highest BCUT2D eigenvalue weighted by molar-refractivity contribution is 6.07. The van der Waals surface area contributed by atoms with Crippen LogP contribution in [0.3, 0.4) is 0 Å². The molecule has 2 heterocycles. The maximum Gasteiger partial charge on any atom is 0.338 e. The molecule has 3 aromatic carbocycles. The standard InChI is InChI=1S/C32H30N4O5/c1-2-41-31(38)23-9-13-25(14-10-23)35-32(39)34-24-11-7-22(8-12-24)30(37)16-15-26-21-29(36-17-19-40-20-18-36)27-5-3-4-6-28(27)33-26/h3-16,21H,2,17-20H2,1H3,(H2,34,35,39)/b16-15+. The molecule has 2 N–H and O–H groups in total. The molecule has 41 heavy (non-hydrogen) atoms. The summed E-state index contributed by atoms with van der Waals surface area (Å²) >= 11 is 0. The van der Waals surface area contributed by atoms with Crippen molar-refractivity contribution in [3.63, 3.8) is 0 Å². The van der Waals surface area contributed by atoms with Crippen molar-refractivity contribution in [1.29, 1.82) is 0 Å². The number of rotatable bonds is 8. The minimum absolute atomic E-state index is 0.175. The maximum atomic E-state index is 12.9. The fourth-order valence-corrected chi connectivity index (χ4v) is 4.50. The van der Waals surface area contributed by atoms with Gasteiger partial charge in [-0.25, -0.2) is 14.6 Å². The highest BCUT2D eigenvalue weighted by atomic mass is 16.5. The molecule has 0 atom stereocenters. The molecule has 1 aliphatic rings. The molecule has 4 aromatic rings. The number of pyridine rings is 1. The molecule has 1 fully saturated rings. The highest BCUT2D eigenvalue weighted by Gasteiger charge is 2.15. The average molecular weight is 551 g/mol. The van der Waals surface area contributed by atoms with Gasteiger partial charge in [0.25, 0.3) is 0 Å². The number of aromatic nitrogens is 1. The summed E-state index contributed by atoms with van der Waals surface area (Å²) in [4.78, 5) is 44.1. The van der Waals surface area contributed by atoms with Gasteiger partial charge in [-0.2, -0.15) is 0 Å². The second kappa shape index (κ2) is 12.9. The molecule has 0 bridgehead atoms. The summed E-state index contributed by atoms with van der Waals surface area (Å²) in [6, 6.07) is 22.6. The van der Waals surface area contributed by atoms with E-state index in [4.69, 9.17) is 14.5 Å². The van der Waals surface area contributed by atoms with Gasteiger partial charge in [0, 0.05) is 41.1 Å². The number of allylic oxidation sites excluding steroid dienone is 1. The Morgan fingerprint density at radius 3 is 2.20 bits per heavy atom. The van der Waals surface area contributed by atoms with E-state index in [1.807, 2.05) is 24.3 Å². The van der Waals surface area contributed by atoms with Crippen LogP contribution < -0.4 is 15.5 Å². The largest absolute Gasteiger partial charge is 0.462 e. The van der Waals surface area contributed by atoms with Gasteiger partial charge in [0.2, 0.25) is 0 Å². The van der Waals surface area contributed by atoms with Crippen LogP contribution in [0.1, 0.15) is 33.3 Å². The number of urea groups is 1. The second-order valence-electron chi connectivity index (χ2n) is 9.33. The van der Waals surface area contributed by atoms with E-state index < -0.39 is 12.0 Å². The summed E-state index contributed by atoms with van der Waals surface area (Å²) < 4.78 is 10.5. The molecule has 0 spiro atoms. The van der Waals surface area contributed by atoms with Crippen molar-refractivity contribution < 1.29 is 23.9 Å². The lowest BCUT2D eigenvalue weighted by Gasteiger charge is -2.30. The van der Waals surface area contributed by atoms with Crippen LogP contribution in [0, 0.1) is 0 Å². The van der Waals surface area contributed by atoms with Crippen LogP contribution in [0.15, 0.2) is 84.9 Å². The first-order valence-corrected chi connectivity index (χ1v) is 13.4. The maximum absolute atomic E-state index is 12.9. The molecule has 2 amide bonds. The molecule has 0 aliphatic carbocycles. The van der Waals surface area contributed by atoms with Gasteiger partial charge in [0.1, 0.15) is 0 Å². The SMILES string of the molecule is CCOC(=O)c1ccc(NC(=O)Nc2ccc(C(=O)/C=C/c3cc(N4CCOCC4)c4ccccc4n3)cc2)cc1. The first-order valence-electron chi connectivity index (χ1n) is 13.4. The van der Waals surface area contributed by atoms with Crippen molar-refractivity contribution in [2.45, 2.75) is 6.92 Å². The van der Waals surface area contributed by atoms with Gasteiger partial charge in [0.05, 0.1) is 36.6 Å². The van der Waals surface area contributed by atoms with E-state index in [2.05, 4.69) is 21.6 Å². The van der Waals surface area contributed by atoms with Crippen LogP contribution >= 0.6 is 0 Å². The first kappa shape index (κ1) is 27.5. The van der Waals surface area contributed by atoms with Gasteiger partial charge in [-0.05, 0) is 79.7 Å². The van der Waals surface area contributed by atoms with Crippen molar-refractivity contribution >= 4 is 51.8 Å². The molecule has 1 aliphatic heterocycles. The van der Waals surface area contributed by atoms with Crippen LogP contribution in [-0.2, 0) is 9.47 Å². The van der Waals surface area contributed by atoms with Crippen molar-refractivity contribution in [3.05, 3.63) is 102 Å². The number of para-hydroxylation sites is 1. The van der Waals surface area contributed by atoms with Crippen molar-refractivity contribution in [2.75, 3.05) is 48.4 Å². The second-order valence-corrected chi connectivity index (χ2v) is 9.33. The summed E-state index contributed by atoms with van der Waals surface area (Å²) in [5, 5.41) is 6.51. The van der Waals surface area contributed by atoms with Gasteiger partial charge in [-0.15, -0.1) is 0 Å². The third-order valence-corrected chi connectivity index (χ3v) is 6.55. The number of amides is 2. The number of nitrogens with zero attached hydrogens (tertiary/aromatic N) is 2. The van der Waals surface area contributed by atoms with E-state index in [1.165, 1.54) is 6.08 Å². The lowest BCUT2D eigenvalue weighted by molar-refractivity contribution is 0.0526. The molecular weight excluding hydrogens is 520 g/mol. The van der Waals surface area contributed by atoms with E-state index in [1.54, 1.807) is 61.5 Å². The number of hydrogen-bond acceptors (Lipinski definition) is 7. The number of morpholine rings is 1. The van der Waals surface area contributed by atoms with Crippen molar-refractivity contribution in [3.8, 4) is 0 Å². The van der Waals surface area contributed by atoms with Crippen LogP contribution in [0.5, 0.6) is 0 Å². The number of fused-ring (bicyclic) bond motifs is 1. The summed E-state index contributed by atoms with van der Waals surface area (Å²) in [5.41, 5.74) is 4.58. The Hall–Kier alpha value is -5.02. The molecule has 0 unspecified atom stereocenters. The minimum Gasteiger partial charge on any atom is -0.462 e. The Bertz CT molecular complexity index is 1580. The quantitative estimate of drug-likeness (QED) is 0.162. The number of esters is 1.